The first-order valence-corrected chi connectivity index (χ1v) is 12.8. The van der Waals surface area contributed by atoms with E-state index in [4.69, 9.17) is 4.74 Å². The van der Waals surface area contributed by atoms with Gasteiger partial charge >= 0.3 is 0 Å². The molecule has 2 unspecified atom stereocenters. The third-order valence-corrected chi connectivity index (χ3v) is 7.06. The number of aromatic nitrogens is 1. The maximum absolute atomic E-state index is 14.6. The van der Waals surface area contributed by atoms with Crippen molar-refractivity contribution in [1.82, 2.24) is 9.58 Å². The highest BCUT2D eigenvalue weighted by Crippen LogP contribution is 2.40. The first kappa shape index (κ1) is 28.7. The second kappa shape index (κ2) is 11.6. The number of aliphatic hydroxyl groups is 1. The Kier molecular flexibility index (Phi) is 7.90. The van der Waals surface area contributed by atoms with Gasteiger partial charge in [0.2, 0.25) is 5.43 Å². The number of hydrogen-bond donors (Lipinski definition) is 2. The van der Waals surface area contributed by atoms with Gasteiger partial charge < -0.3 is 19.8 Å². The number of carbonyl (C=O) groups excluding carboxylic acids is 1. The summed E-state index contributed by atoms with van der Waals surface area (Å²) in [5.41, 5.74) is -0.443. The summed E-state index contributed by atoms with van der Waals surface area (Å²) in [7, 11) is 1.39. The maximum Gasteiger partial charge on any atom is 0.277 e. The van der Waals surface area contributed by atoms with Gasteiger partial charge in [0, 0.05) is 44.0 Å². The Morgan fingerprint density at radius 3 is 2.29 bits per heavy atom. The fraction of sp³-hybridized carbons (Fsp3) is 0.200. The average molecular weight is 584 g/mol. The zero-order valence-electron chi connectivity index (χ0n) is 22.2. The molecule has 0 aliphatic carbocycles. The molecule has 42 heavy (non-hydrogen) atoms. The highest BCUT2D eigenvalue weighted by molar-refractivity contribution is 5.96. The van der Waals surface area contributed by atoms with E-state index in [9.17, 15) is 37.4 Å². The molecule has 3 aromatic carbocycles. The predicted molar refractivity (Wildman–Crippen MR) is 144 cm³/mol. The number of pyridine rings is 1. The lowest BCUT2D eigenvalue weighted by molar-refractivity contribution is 0.0575. The van der Waals surface area contributed by atoms with E-state index in [0.717, 1.165) is 18.2 Å². The minimum Gasteiger partial charge on any atom is -0.507 e. The van der Waals surface area contributed by atoms with Crippen molar-refractivity contribution < 1.29 is 37.3 Å². The summed E-state index contributed by atoms with van der Waals surface area (Å²) < 4.78 is 64.3. The number of fused-ring (bicyclic) bond motifs is 1. The quantitative estimate of drug-likeness (QED) is 0.302. The number of hydrogen-bond acceptors (Lipinski definition) is 6. The number of phenolic OH excluding ortho intramolecular Hbond substituents is 1. The lowest BCUT2D eigenvalue weighted by Crippen LogP contribution is -2.61. The Hall–Kier alpha value is -4.84. The van der Waals surface area contributed by atoms with E-state index in [2.05, 4.69) is 0 Å². The van der Waals surface area contributed by atoms with Crippen LogP contribution in [0.15, 0.2) is 77.7 Å². The van der Waals surface area contributed by atoms with E-state index >= 15 is 0 Å². The maximum atomic E-state index is 14.6. The number of rotatable bonds is 8. The van der Waals surface area contributed by atoms with Crippen LogP contribution in [-0.4, -0.2) is 45.5 Å². The normalized spacial score (nSPS) is 15.5. The minimum atomic E-state index is -1.40. The third-order valence-electron chi connectivity index (χ3n) is 7.06. The number of aliphatic hydroxyl groups excluding tert-OH is 1. The van der Waals surface area contributed by atoms with E-state index in [0.29, 0.717) is 17.7 Å². The van der Waals surface area contributed by atoms with E-state index in [1.807, 2.05) is 0 Å². The molecule has 218 valence electrons. The van der Waals surface area contributed by atoms with Crippen LogP contribution in [0, 0.1) is 23.3 Å². The van der Waals surface area contributed by atoms with Gasteiger partial charge in [0.25, 0.3) is 5.91 Å². The number of phenols is 1. The number of halogens is 4. The Morgan fingerprint density at radius 2 is 1.60 bits per heavy atom. The van der Waals surface area contributed by atoms with Crippen molar-refractivity contribution in [3.05, 3.63) is 129 Å². The van der Waals surface area contributed by atoms with E-state index in [-0.39, 0.29) is 35.6 Å². The molecule has 5 rings (SSSR count). The number of nitrogens with zero attached hydrogens (tertiary/aromatic N) is 3. The molecule has 0 bridgehead atoms. The Morgan fingerprint density at radius 1 is 0.905 bits per heavy atom. The first-order valence-electron chi connectivity index (χ1n) is 12.8. The summed E-state index contributed by atoms with van der Waals surface area (Å²) >= 11 is 0. The number of aromatic hydroxyl groups is 1. The van der Waals surface area contributed by atoms with Crippen LogP contribution in [0.2, 0.25) is 0 Å². The van der Waals surface area contributed by atoms with E-state index in [1.165, 1.54) is 33.9 Å². The molecule has 0 saturated carbocycles. The van der Waals surface area contributed by atoms with Crippen molar-refractivity contribution in [3.63, 3.8) is 0 Å². The highest BCUT2D eigenvalue weighted by Gasteiger charge is 2.43. The minimum absolute atomic E-state index is 0.0164. The van der Waals surface area contributed by atoms with E-state index in [1.54, 1.807) is 30.3 Å². The molecule has 4 aromatic rings. The fourth-order valence-electron chi connectivity index (χ4n) is 5.06. The number of benzene rings is 3. The van der Waals surface area contributed by atoms with Crippen LogP contribution in [-0.2, 0) is 6.61 Å². The summed E-state index contributed by atoms with van der Waals surface area (Å²) in [5, 5.41) is 22.1. The zero-order chi connectivity index (χ0) is 30.1. The summed E-state index contributed by atoms with van der Waals surface area (Å²) in [6.07, 6.45) is 0.107. The SMILES string of the molecule is CN1C(=O)c2c(OCc3ccccc3)c(=O)ccn2N(C(c2ccc(F)c(F)c2)c2cc(F)c(F)cc2O)C1CCO. The van der Waals surface area contributed by atoms with Gasteiger partial charge in [-0.2, -0.15) is 0 Å². The molecule has 0 spiro atoms. The second-order valence-corrected chi connectivity index (χ2v) is 9.67. The van der Waals surface area contributed by atoms with E-state index < -0.39 is 59.2 Å². The van der Waals surface area contributed by atoms with Crippen LogP contribution in [0.4, 0.5) is 17.6 Å². The van der Waals surface area contributed by atoms with Crippen molar-refractivity contribution in [2.45, 2.75) is 25.2 Å². The number of amides is 1. The van der Waals surface area contributed by atoms with Crippen LogP contribution >= 0.6 is 0 Å². The topological polar surface area (TPSA) is 95.2 Å². The third kappa shape index (κ3) is 5.16. The lowest BCUT2D eigenvalue weighted by Gasteiger charge is -2.49. The smallest absolute Gasteiger partial charge is 0.277 e. The van der Waals surface area contributed by atoms with Crippen LogP contribution in [0.5, 0.6) is 11.5 Å². The highest BCUT2D eigenvalue weighted by atomic mass is 19.2. The van der Waals surface area contributed by atoms with Gasteiger partial charge in [-0.1, -0.05) is 36.4 Å². The van der Waals surface area contributed by atoms with Crippen LogP contribution in [0.25, 0.3) is 0 Å². The van der Waals surface area contributed by atoms with Gasteiger partial charge in [-0.3, -0.25) is 19.3 Å². The van der Waals surface area contributed by atoms with Crippen molar-refractivity contribution in [1.29, 1.82) is 0 Å². The second-order valence-electron chi connectivity index (χ2n) is 9.67. The molecule has 0 saturated heterocycles. The van der Waals surface area contributed by atoms with Gasteiger partial charge in [0.05, 0.1) is 0 Å². The fourth-order valence-corrected chi connectivity index (χ4v) is 5.06. The Labute approximate surface area is 237 Å². The standard InChI is InChI=1S/C30H25F4N3O5/c1-35-26(10-12-38)37(27(18-7-8-20(31)21(32)13-18)19-14-22(33)23(34)15-25(19)40)36-11-9-24(39)29(28(36)30(35)41)42-16-17-5-3-2-4-6-17/h2-9,11,13-15,26-27,38,40H,10,12,16H2,1H3. The zero-order valence-corrected chi connectivity index (χ0v) is 22.2. The molecule has 2 atom stereocenters. The average Bonchev–Trinajstić information content (AvgIpc) is 2.97. The number of ether oxygens (including phenoxy) is 1. The molecular formula is C30H25F4N3O5. The van der Waals surface area contributed by atoms with Crippen LogP contribution < -0.4 is 15.2 Å². The largest absolute Gasteiger partial charge is 0.507 e. The molecule has 0 radical (unpaired) electrons. The summed E-state index contributed by atoms with van der Waals surface area (Å²) in [6, 6.07) is 12.7. The van der Waals surface area contributed by atoms with Gasteiger partial charge in [-0.25, -0.2) is 17.6 Å². The summed E-state index contributed by atoms with van der Waals surface area (Å²) in [5.74, 6) is -6.80. The van der Waals surface area contributed by atoms with Crippen molar-refractivity contribution in [2.24, 2.45) is 0 Å². The van der Waals surface area contributed by atoms with Crippen LogP contribution in [0.1, 0.15) is 39.6 Å². The monoisotopic (exact) mass is 583 g/mol. The van der Waals surface area contributed by atoms with Crippen LogP contribution in [0.3, 0.4) is 0 Å². The molecule has 1 aromatic heterocycles. The Bertz CT molecular complexity index is 1700. The predicted octanol–water partition coefficient (Wildman–Crippen LogP) is 4.21. The molecule has 1 aliphatic heterocycles. The first-order chi connectivity index (χ1) is 20.1. The molecule has 1 amide bonds. The molecule has 8 nitrogen and oxygen atoms in total. The molecule has 2 N–H and O–H groups in total. The number of carbonyl (C=O) groups is 1. The molecule has 0 fully saturated rings. The van der Waals surface area contributed by atoms with Crippen molar-refractivity contribution >= 4 is 5.91 Å². The molecule has 2 heterocycles. The van der Waals surface area contributed by atoms with Crippen molar-refractivity contribution in [3.8, 4) is 11.5 Å². The molecular weight excluding hydrogens is 558 g/mol. The van der Waals surface area contributed by atoms with Gasteiger partial charge in [0.15, 0.2) is 34.7 Å². The van der Waals surface area contributed by atoms with Gasteiger partial charge in [-0.05, 0) is 29.3 Å². The van der Waals surface area contributed by atoms with Gasteiger partial charge in [0.1, 0.15) is 24.6 Å². The lowest BCUT2D eigenvalue weighted by atomic mass is 9.95. The van der Waals surface area contributed by atoms with Gasteiger partial charge in [-0.15, -0.1) is 0 Å². The molecule has 1 aliphatic rings. The molecule has 12 heteroatoms. The summed E-state index contributed by atoms with van der Waals surface area (Å²) in [4.78, 5) is 27.9. The Balaban J connectivity index is 1.77. The van der Waals surface area contributed by atoms with Crippen molar-refractivity contribution in [2.75, 3.05) is 18.7 Å². The summed E-state index contributed by atoms with van der Waals surface area (Å²) in [6.45, 7) is -0.513.